The summed E-state index contributed by atoms with van der Waals surface area (Å²) >= 11 is 0. The molecule has 0 aliphatic rings. The maximum atomic E-state index is 12.9. The van der Waals surface area contributed by atoms with Gasteiger partial charge in [-0.1, -0.05) is 103 Å². The van der Waals surface area contributed by atoms with E-state index in [2.05, 4.69) is 46.7 Å². The zero-order valence-corrected chi connectivity index (χ0v) is 18.8. The number of anilines is 1. The minimum atomic E-state index is -0.0991. The largest absolute Gasteiger partial charge is 0.309 e. The van der Waals surface area contributed by atoms with Gasteiger partial charge in [0.25, 0.3) is 0 Å². The molecule has 0 aliphatic carbocycles. The number of hydrogen-bond donors (Lipinski definition) is 1. The molecule has 4 aromatic carbocycles. The van der Waals surface area contributed by atoms with Crippen LogP contribution in [0.4, 0.5) is 5.82 Å². The second-order valence-corrected chi connectivity index (χ2v) is 8.31. The number of carbonyl (C=O) groups is 1. The van der Waals surface area contributed by atoms with Crippen LogP contribution in [0, 0.1) is 0 Å². The number of aromatic nitrogens is 2. The Labute approximate surface area is 199 Å². The van der Waals surface area contributed by atoms with E-state index < -0.39 is 0 Å². The zero-order chi connectivity index (χ0) is 23.2. The van der Waals surface area contributed by atoms with Gasteiger partial charge in [0, 0.05) is 5.56 Å². The maximum absolute atomic E-state index is 12.9. The molecule has 1 amide bonds. The van der Waals surface area contributed by atoms with Gasteiger partial charge in [0.2, 0.25) is 5.91 Å². The van der Waals surface area contributed by atoms with E-state index in [4.69, 9.17) is 4.98 Å². The lowest BCUT2D eigenvalue weighted by molar-refractivity contribution is -0.115. The Balaban J connectivity index is 1.37. The highest BCUT2D eigenvalue weighted by atomic mass is 16.1. The molecular weight excluding hydrogens is 418 g/mol. The number of nitrogens with zero attached hydrogens (tertiary/aromatic N) is 2. The summed E-state index contributed by atoms with van der Waals surface area (Å²) in [6, 6.07) is 34.6. The lowest BCUT2D eigenvalue weighted by Crippen LogP contribution is -2.17. The first-order valence-electron chi connectivity index (χ1n) is 11.5. The number of benzene rings is 4. The predicted octanol–water partition coefficient (Wildman–Crippen LogP) is 6.26. The number of carbonyl (C=O) groups excluding carboxylic acids is 1. The van der Waals surface area contributed by atoms with E-state index in [0.29, 0.717) is 12.2 Å². The van der Waals surface area contributed by atoms with E-state index in [1.165, 1.54) is 5.56 Å². The van der Waals surface area contributed by atoms with E-state index in [1.807, 2.05) is 66.7 Å². The van der Waals surface area contributed by atoms with Crippen molar-refractivity contribution in [2.24, 2.45) is 0 Å². The molecule has 34 heavy (non-hydrogen) atoms. The zero-order valence-electron chi connectivity index (χ0n) is 18.8. The molecule has 0 radical (unpaired) electrons. The van der Waals surface area contributed by atoms with Crippen LogP contribution >= 0.6 is 0 Å². The summed E-state index contributed by atoms with van der Waals surface area (Å²) in [5.74, 6) is 0.430. The quantitative estimate of drug-likeness (QED) is 0.323. The Morgan fingerprint density at radius 2 is 1.41 bits per heavy atom. The number of rotatable bonds is 7. The highest BCUT2D eigenvalue weighted by molar-refractivity contribution is 5.93. The summed E-state index contributed by atoms with van der Waals surface area (Å²) in [5, 5.41) is 5.30. The summed E-state index contributed by atoms with van der Waals surface area (Å²) in [7, 11) is 0. The van der Waals surface area contributed by atoms with E-state index in [9.17, 15) is 4.79 Å². The molecule has 0 aliphatic heterocycles. The minimum absolute atomic E-state index is 0.0991. The molecule has 1 heterocycles. The van der Waals surface area contributed by atoms with Gasteiger partial charge in [-0.05, 0) is 34.7 Å². The first-order valence-corrected chi connectivity index (χ1v) is 11.5. The first-order chi connectivity index (χ1) is 16.7. The molecule has 1 N–H and O–H groups in total. The van der Waals surface area contributed by atoms with Crippen LogP contribution < -0.4 is 5.32 Å². The fourth-order valence-electron chi connectivity index (χ4n) is 4.07. The number of nitrogens with one attached hydrogen (secondary N) is 1. The molecule has 4 nitrogen and oxygen atoms in total. The molecule has 5 rings (SSSR count). The maximum Gasteiger partial charge on any atom is 0.229 e. The van der Waals surface area contributed by atoms with Crippen LogP contribution in [0.5, 0.6) is 0 Å². The van der Waals surface area contributed by atoms with E-state index in [-0.39, 0.29) is 12.3 Å². The molecule has 5 aromatic rings. The summed E-state index contributed by atoms with van der Waals surface area (Å²) in [5.41, 5.74) is 4.79. The summed E-state index contributed by atoms with van der Waals surface area (Å²) in [6.45, 7) is 0. The van der Waals surface area contributed by atoms with Gasteiger partial charge in [-0.25, -0.2) is 9.97 Å². The Morgan fingerprint density at radius 3 is 2.21 bits per heavy atom. The van der Waals surface area contributed by atoms with Crippen LogP contribution in [0.2, 0.25) is 0 Å². The smallest absolute Gasteiger partial charge is 0.229 e. The fraction of sp³-hybridized carbons (Fsp3) is 0.100. The molecule has 0 bridgehead atoms. The van der Waals surface area contributed by atoms with Gasteiger partial charge in [0.1, 0.15) is 0 Å². The molecule has 1 aromatic heterocycles. The van der Waals surface area contributed by atoms with Gasteiger partial charge in [-0.15, -0.1) is 0 Å². The van der Waals surface area contributed by atoms with Crippen molar-refractivity contribution in [1.82, 2.24) is 9.97 Å². The van der Waals surface area contributed by atoms with Gasteiger partial charge in [-0.2, -0.15) is 0 Å². The van der Waals surface area contributed by atoms with Crippen molar-refractivity contribution in [3.8, 4) is 11.3 Å². The average Bonchev–Trinajstić information content (AvgIpc) is 2.89. The number of fused-ring (bicyclic) bond motifs is 1. The first kappa shape index (κ1) is 21.5. The van der Waals surface area contributed by atoms with Gasteiger partial charge in [-0.3, -0.25) is 4.79 Å². The highest BCUT2D eigenvalue weighted by Gasteiger charge is 2.13. The van der Waals surface area contributed by atoms with Crippen molar-refractivity contribution in [1.29, 1.82) is 0 Å². The second kappa shape index (κ2) is 10.1. The standard InChI is InChI=1S/C30H25N3O/c34-29(20-23-15-17-24-11-7-8-14-26(24)19-23)33-30-27(18-16-22-9-3-1-4-10-22)32-28(21-31-30)25-12-5-2-6-13-25/h1-15,17,19,21H,16,18,20H2,(H,31,33,34). The predicted molar refractivity (Wildman–Crippen MR) is 138 cm³/mol. The third-order valence-electron chi connectivity index (χ3n) is 5.84. The minimum Gasteiger partial charge on any atom is -0.309 e. The van der Waals surface area contributed by atoms with E-state index in [0.717, 1.165) is 39.7 Å². The third kappa shape index (κ3) is 5.18. The van der Waals surface area contributed by atoms with Gasteiger partial charge in [0.15, 0.2) is 5.82 Å². The molecule has 0 unspecified atom stereocenters. The highest BCUT2D eigenvalue weighted by Crippen LogP contribution is 2.22. The fourth-order valence-corrected chi connectivity index (χ4v) is 4.07. The van der Waals surface area contributed by atoms with Gasteiger partial charge >= 0.3 is 0 Å². The number of amides is 1. The number of aryl methyl sites for hydroxylation is 2. The Hall–Kier alpha value is -4.31. The van der Waals surface area contributed by atoms with Crippen molar-refractivity contribution < 1.29 is 4.79 Å². The molecule has 0 atom stereocenters. The van der Waals surface area contributed by atoms with Crippen molar-refractivity contribution >= 4 is 22.5 Å². The lowest BCUT2D eigenvalue weighted by atomic mass is 10.0. The molecule has 0 spiro atoms. The molecule has 0 saturated heterocycles. The van der Waals surface area contributed by atoms with Crippen molar-refractivity contribution in [2.75, 3.05) is 5.32 Å². The van der Waals surface area contributed by atoms with Crippen molar-refractivity contribution in [2.45, 2.75) is 19.3 Å². The monoisotopic (exact) mass is 443 g/mol. The second-order valence-electron chi connectivity index (χ2n) is 8.31. The molecular formula is C30H25N3O. The molecule has 4 heteroatoms. The van der Waals surface area contributed by atoms with Crippen LogP contribution in [0.1, 0.15) is 16.8 Å². The van der Waals surface area contributed by atoms with Gasteiger partial charge in [0.05, 0.1) is 24.0 Å². The van der Waals surface area contributed by atoms with Crippen LogP contribution in [0.15, 0.2) is 109 Å². The molecule has 0 fully saturated rings. The SMILES string of the molecule is O=C(Cc1ccc2ccccc2c1)Nc1ncc(-c2ccccc2)nc1CCc1ccccc1. The van der Waals surface area contributed by atoms with Crippen LogP contribution in [0.25, 0.3) is 22.0 Å². The van der Waals surface area contributed by atoms with Crippen molar-refractivity contribution in [3.63, 3.8) is 0 Å². The summed E-state index contributed by atoms with van der Waals surface area (Å²) < 4.78 is 0. The molecule has 166 valence electrons. The van der Waals surface area contributed by atoms with Crippen LogP contribution in [-0.2, 0) is 24.1 Å². The Morgan fingerprint density at radius 1 is 0.706 bits per heavy atom. The van der Waals surface area contributed by atoms with Gasteiger partial charge < -0.3 is 5.32 Å². The summed E-state index contributed by atoms with van der Waals surface area (Å²) in [4.78, 5) is 22.4. The lowest BCUT2D eigenvalue weighted by Gasteiger charge is -2.12. The normalized spacial score (nSPS) is 10.8. The summed E-state index contributed by atoms with van der Waals surface area (Å²) in [6.07, 6.45) is 3.52. The van der Waals surface area contributed by atoms with E-state index >= 15 is 0 Å². The number of hydrogen-bond acceptors (Lipinski definition) is 3. The topological polar surface area (TPSA) is 54.9 Å². The van der Waals surface area contributed by atoms with Crippen LogP contribution in [0.3, 0.4) is 0 Å². The van der Waals surface area contributed by atoms with Crippen LogP contribution in [-0.4, -0.2) is 15.9 Å². The molecule has 0 saturated carbocycles. The average molecular weight is 444 g/mol. The Kier molecular flexibility index (Phi) is 6.39. The third-order valence-corrected chi connectivity index (χ3v) is 5.84. The van der Waals surface area contributed by atoms with Crippen molar-refractivity contribution in [3.05, 3.63) is 126 Å². The van der Waals surface area contributed by atoms with E-state index in [1.54, 1.807) is 6.20 Å². The Bertz CT molecular complexity index is 1420.